The minimum atomic E-state index is -3.91. The average Bonchev–Trinajstić information content (AvgIpc) is 2.88. The lowest BCUT2D eigenvalue weighted by atomic mass is 10.1. The molecule has 1 aromatic heterocycles. The largest absolute Gasteiger partial charge is 0.323 e. The third kappa shape index (κ3) is 3.08. The molecule has 0 radical (unpaired) electrons. The topological polar surface area (TPSA) is 94.8 Å². The van der Waals surface area contributed by atoms with Crippen LogP contribution in [0.2, 0.25) is 0 Å². The second-order valence-corrected chi connectivity index (χ2v) is 7.02. The first-order valence-corrected chi connectivity index (χ1v) is 8.44. The van der Waals surface area contributed by atoms with Crippen LogP contribution in [0, 0.1) is 11.6 Å². The van der Waals surface area contributed by atoms with Crippen molar-refractivity contribution in [3.63, 3.8) is 0 Å². The Bertz CT molecular complexity index is 1070. The fourth-order valence-corrected chi connectivity index (χ4v) is 3.59. The van der Waals surface area contributed by atoms with Crippen LogP contribution in [0.5, 0.6) is 0 Å². The molecule has 1 atom stereocenters. The summed E-state index contributed by atoms with van der Waals surface area (Å²) in [5, 5.41) is 0. The van der Waals surface area contributed by atoms with Gasteiger partial charge in [0.25, 0.3) is 0 Å². The highest BCUT2D eigenvalue weighted by molar-refractivity contribution is 7.89. The quantitative estimate of drug-likeness (QED) is 0.671. The van der Waals surface area contributed by atoms with Crippen molar-refractivity contribution in [3.8, 4) is 0 Å². The Morgan fingerprint density at radius 2 is 1.71 bits per heavy atom. The highest BCUT2D eigenvalue weighted by atomic mass is 32.2. The Morgan fingerprint density at radius 1 is 1.00 bits per heavy atom. The van der Waals surface area contributed by atoms with Gasteiger partial charge in [-0.15, -0.1) is 0 Å². The van der Waals surface area contributed by atoms with E-state index in [2.05, 4.69) is 14.7 Å². The number of H-pyrrole nitrogens is 2. The number of benzene rings is 2. The molecule has 0 aliphatic rings. The molecule has 3 rings (SSSR count). The minimum absolute atomic E-state index is 0.0558. The van der Waals surface area contributed by atoms with Crippen molar-refractivity contribution in [2.24, 2.45) is 0 Å². The smallest absolute Gasteiger partial charge is 0.306 e. The summed E-state index contributed by atoms with van der Waals surface area (Å²) in [4.78, 5) is 16.2. The van der Waals surface area contributed by atoms with Crippen LogP contribution in [-0.2, 0) is 10.0 Å². The van der Waals surface area contributed by atoms with Crippen LogP contribution in [0.3, 0.4) is 0 Å². The van der Waals surface area contributed by atoms with E-state index in [1.807, 2.05) is 0 Å². The summed E-state index contributed by atoms with van der Waals surface area (Å²) >= 11 is 0. The van der Waals surface area contributed by atoms with E-state index in [0.717, 1.165) is 12.1 Å². The third-order valence-electron chi connectivity index (χ3n) is 3.57. The van der Waals surface area contributed by atoms with Gasteiger partial charge in [0.2, 0.25) is 10.0 Å². The maximum atomic E-state index is 13.3. The van der Waals surface area contributed by atoms with Crippen LogP contribution >= 0.6 is 0 Å². The number of rotatable bonds is 4. The van der Waals surface area contributed by atoms with E-state index >= 15 is 0 Å². The van der Waals surface area contributed by atoms with E-state index in [1.165, 1.54) is 31.2 Å². The molecule has 0 amide bonds. The number of aromatic amines is 2. The molecule has 9 heteroatoms. The zero-order valence-corrected chi connectivity index (χ0v) is 13.2. The molecule has 0 saturated carbocycles. The second-order valence-electron chi connectivity index (χ2n) is 5.30. The molecule has 1 heterocycles. The summed E-state index contributed by atoms with van der Waals surface area (Å²) in [6, 6.07) is 6.52. The predicted octanol–water partition coefficient (Wildman–Crippen LogP) is 2.17. The first kappa shape index (κ1) is 16.3. The van der Waals surface area contributed by atoms with E-state index in [0.29, 0.717) is 11.0 Å². The normalized spacial score (nSPS) is 13.3. The number of imidazole rings is 1. The highest BCUT2D eigenvalue weighted by Crippen LogP contribution is 2.20. The number of fused-ring (bicyclic) bond motifs is 1. The van der Waals surface area contributed by atoms with E-state index in [4.69, 9.17) is 0 Å². The van der Waals surface area contributed by atoms with Crippen LogP contribution < -0.4 is 10.4 Å². The summed E-state index contributed by atoms with van der Waals surface area (Å²) in [7, 11) is -3.91. The minimum Gasteiger partial charge on any atom is -0.306 e. The lowest BCUT2D eigenvalue weighted by Crippen LogP contribution is -2.27. The Hall–Kier alpha value is -2.52. The van der Waals surface area contributed by atoms with E-state index in [1.54, 1.807) is 0 Å². The molecule has 0 bridgehead atoms. The maximum Gasteiger partial charge on any atom is 0.323 e. The Morgan fingerprint density at radius 3 is 2.42 bits per heavy atom. The van der Waals surface area contributed by atoms with Gasteiger partial charge in [-0.1, -0.05) is 6.07 Å². The van der Waals surface area contributed by atoms with Crippen molar-refractivity contribution in [2.75, 3.05) is 0 Å². The number of hydrogen-bond donors (Lipinski definition) is 3. The van der Waals surface area contributed by atoms with Gasteiger partial charge in [-0.25, -0.2) is 26.7 Å². The number of nitrogens with one attached hydrogen (secondary N) is 3. The Balaban J connectivity index is 1.91. The van der Waals surface area contributed by atoms with Gasteiger partial charge in [-0.05, 0) is 42.8 Å². The van der Waals surface area contributed by atoms with E-state index in [9.17, 15) is 22.0 Å². The summed E-state index contributed by atoms with van der Waals surface area (Å²) < 4.78 is 53.5. The molecule has 6 nitrogen and oxygen atoms in total. The van der Waals surface area contributed by atoms with Crippen LogP contribution in [0.25, 0.3) is 11.0 Å². The standard InChI is InChI=1S/C15H13F2N3O3S/c1-8(9-2-4-11(16)12(17)6-9)20-24(22,23)10-3-5-13-14(7-10)19-15(21)18-13/h2-8,20H,1H3,(H2,18,19,21)/t8-/m0/s1. The number of aromatic nitrogens is 2. The summed E-state index contributed by atoms with van der Waals surface area (Å²) in [6.45, 7) is 1.51. The fourth-order valence-electron chi connectivity index (χ4n) is 2.33. The number of sulfonamides is 1. The van der Waals surface area contributed by atoms with Crippen LogP contribution in [0.1, 0.15) is 18.5 Å². The van der Waals surface area contributed by atoms with Crippen LogP contribution in [0.15, 0.2) is 46.1 Å². The first-order valence-electron chi connectivity index (χ1n) is 6.95. The molecule has 3 aromatic rings. The van der Waals surface area contributed by atoms with Gasteiger partial charge in [0.1, 0.15) is 0 Å². The van der Waals surface area contributed by atoms with Gasteiger partial charge in [0.15, 0.2) is 11.6 Å². The monoisotopic (exact) mass is 353 g/mol. The summed E-state index contributed by atoms with van der Waals surface area (Å²) in [6.07, 6.45) is 0. The van der Waals surface area contributed by atoms with Gasteiger partial charge in [0.05, 0.1) is 15.9 Å². The SMILES string of the molecule is C[C@H](NS(=O)(=O)c1ccc2[nH]c(=O)[nH]c2c1)c1ccc(F)c(F)c1. The molecule has 24 heavy (non-hydrogen) atoms. The molecule has 3 N–H and O–H groups in total. The lowest BCUT2D eigenvalue weighted by molar-refractivity contribution is 0.504. The second kappa shape index (κ2) is 5.84. The van der Waals surface area contributed by atoms with Crippen LogP contribution in [-0.4, -0.2) is 18.4 Å². The lowest BCUT2D eigenvalue weighted by Gasteiger charge is -2.15. The van der Waals surface area contributed by atoms with Gasteiger partial charge in [-0.3, -0.25) is 0 Å². The zero-order chi connectivity index (χ0) is 17.5. The summed E-state index contributed by atoms with van der Waals surface area (Å²) in [5.41, 5.74) is 0.673. The molecule has 0 fully saturated rings. The summed E-state index contributed by atoms with van der Waals surface area (Å²) in [5.74, 6) is -2.06. The molecule has 0 aliphatic carbocycles. The Kier molecular flexibility index (Phi) is 3.98. The fraction of sp³-hybridized carbons (Fsp3) is 0.133. The number of hydrogen-bond acceptors (Lipinski definition) is 3. The third-order valence-corrected chi connectivity index (χ3v) is 5.11. The molecule has 0 aliphatic heterocycles. The van der Waals surface area contributed by atoms with Gasteiger partial charge < -0.3 is 9.97 Å². The van der Waals surface area contributed by atoms with Gasteiger partial charge in [-0.2, -0.15) is 0 Å². The molecule has 126 valence electrons. The first-order chi connectivity index (χ1) is 11.3. The molecular weight excluding hydrogens is 340 g/mol. The van der Waals surface area contributed by atoms with Crippen molar-refractivity contribution in [3.05, 3.63) is 64.1 Å². The molecular formula is C15H13F2N3O3S. The zero-order valence-electron chi connectivity index (χ0n) is 12.4. The van der Waals surface area contributed by atoms with Crippen molar-refractivity contribution in [1.82, 2.24) is 14.7 Å². The van der Waals surface area contributed by atoms with Gasteiger partial charge in [0, 0.05) is 6.04 Å². The van der Waals surface area contributed by atoms with Crippen molar-refractivity contribution < 1.29 is 17.2 Å². The molecule has 2 aromatic carbocycles. The average molecular weight is 353 g/mol. The Labute approximate surface area is 135 Å². The van der Waals surface area contributed by atoms with E-state index in [-0.39, 0.29) is 10.5 Å². The maximum absolute atomic E-state index is 13.3. The molecule has 0 spiro atoms. The van der Waals surface area contributed by atoms with Crippen LogP contribution in [0.4, 0.5) is 8.78 Å². The predicted molar refractivity (Wildman–Crippen MR) is 84.0 cm³/mol. The van der Waals surface area contributed by atoms with Crippen molar-refractivity contribution >= 4 is 21.1 Å². The highest BCUT2D eigenvalue weighted by Gasteiger charge is 2.20. The van der Waals surface area contributed by atoms with Crippen molar-refractivity contribution in [2.45, 2.75) is 17.9 Å². The van der Waals surface area contributed by atoms with E-state index < -0.39 is 33.4 Å². The van der Waals surface area contributed by atoms with Gasteiger partial charge >= 0.3 is 5.69 Å². The molecule has 0 saturated heterocycles. The molecule has 0 unspecified atom stereocenters. The van der Waals surface area contributed by atoms with Crippen molar-refractivity contribution in [1.29, 1.82) is 0 Å². The number of halogens is 2.